The summed E-state index contributed by atoms with van der Waals surface area (Å²) in [6, 6.07) is 9.53. The molecule has 0 aromatic heterocycles. The van der Waals surface area contributed by atoms with E-state index in [4.69, 9.17) is 9.47 Å². The average molecular weight is 192 g/mol. The van der Waals surface area contributed by atoms with Gasteiger partial charge in [-0.1, -0.05) is 13.8 Å². The quantitative estimate of drug-likeness (QED) is 0.690. The van der Waals surface area contributed by atoms with E-state index in [9.17, 15) is 0 Å². The molecule has 1 aromatic rings. The summed E-state index contributed by atoms with van der Waals surface area (Å²) in [5, 5.41) is 0. The predicted octanol–water partition coefficient (Wildman–Crippen LogP) is 2.86. The molecule has 0 saturated heterocycles. The molecule has 0 bridgehead atoms. The molecule has 1 aromatic carbocycles. The van der Waals surface area contributed by atoms with Gasteiger partial charge >= 0.3 is 0 Å². The Morgan fingerprint density at radius 1 is 0.929 bits per heavy atom. The molecule has 0 unspecified atom stereocenters. The maximum atomic E-state index is 5.37. The zero-order valence-corrected chi connectivity index (χ0v) is 8.80. The minimum absolute atomic E-state index is 0.722. The summed E-state index contributed by atoms with van der Waals surface area (Å²) >= 11 is 0. The van der Waals surface area contributed by atoms with Crippen LogP contribution < -0.4 is 9.47 Å². The molecule has 2 radical (unpaired) electrons. The topological polar surface area (TPSA) is 18.5 Å². The molecule has 2 nitrogen and oxygen atoms in total. The molecule has 2 heteroatoms. The second-order valence-electron chi connectivity index (χ2n) is 3.00. The summed E-state index contributed by atoms with van der Waals surface area (Å²) in [4.78, 5) is 0. The molecule has 0 amide bonds. The first-order chi connectivity index (χ1) is 6.86. The third-order valence-electron chi connectivity index (χ3n) is 1.61. The van der Waals surface area contributed by atoms with Gasteiger partial charge in [-0.2, -0.15) is 0 Å². The SMILES string of the molecule is CCCOc1[c]cc(OCCC)[c]c1. The number of ether oxygens (including phenoxy) is 2. The minimum atomic E-state index is 0.722. The van der Waals surface area contributed by atoms with Crippen LogP contribution in [0.15, 0.2) is 12.1 Å². The maximum absolute atomic E-state index is 5.37. The van der Waals surface area contributed by atoms with E-state index in [0.717, 1.165) is 37.6 Å². The van der Waals surface area contributed by atoms with E-state index in [1.54, 1.807) is 12.1 Å². The Balaban J connectivity index is 2.42. The van der Waals surface area contributed by atoms with Crippen LogP contribution in [0.2, 0.25) is 0 Å². The normalized spacial score (nSPS) is 9.86. The van der Waals surface area contributed by atoms with Gasteiger partial charge in [0.25, 0.3) is 0 Å². The molecule has 0 N–H and O–H groups in total. The van der Waals surface area contributed by atoms with E-state index in [-0.39, 0.29) is 0 Å². The third-order valence-corrected chi connectivity index (χ3v) is 1.61. The highest BCUT2D eigenvalue weighted by atomic mass is 16.5. The summed E-state index contributed by atoms with van der Waals surface area (Å²) in [7, 11) is 0. The molecule has 0 spiro atoms. The Hall–Kier alpha value is -1.18. The Bertz CT molecular complexity index is 214. The van der Waals surface area contributed by atoms with Crippen LogP contribution in [0, 0.1) is 12.1 Å². The van der Waals surface area contributed by atoms with Crippen molar-refractivity contribution in [2.24, 2.45) is 0 Å². The fourth-order valence-corrected chi connectivity index (χ4v) is 0.947. The Morgan fingerprint density at radius 3 is 1.64 bits per heavy atom. The molecular weight excluding hydrogens is 176 g/mol. The number of hydrogen-bond donors (Lipinski definition) is 0. The third kappa shape index (κ3) is 3.69. The van der Waals surface area contributed by atoms with Crippen LogP contribution in [0.1, 0.15) is 26.7 Å². The monoisotopic (exact) mass is 192 g/mol. The smallest absolute Gasteiger partial charge is 0.128 e. The molecule has 0 heterocycles. The maximum Gasteiger partial charge on any atom is 0.128 e. The van der Waals surface area contributed by atoms with Gasteiger partial charge in [-0.3, -0.25) is 0 Å². The van der Waals surface area contributed by atoms with Gasteiger partial charge in [0.2, 0.25) is 0 Å². The number of rotatable bonds is 6. The minimum Gasteiger partial charge on any atom is -0.493 e. The molecule has 0 fully saturated rings. The van der Waals surface area contributed by atoms with Gasteiger partial charge in [0.15, 0.2) is 0 Å². The molecule has 0 aliphatic rings. The summed E-state index contributed by atoms with van der Waals surface area (Å²) in [6.07, 6.45) is 2.00. The number of hydrogen-bond acceptors (Lipinski definition) is 2. The van der Waals surface area contributed by atoms with Crippen LogP contribution in [-0.4, -0.2) is 13.2 Å². The highest BCUT2D eigenvalue weighted by Crippen LogP contribution is 2.16. The predicted molar refractivity (Wildman–Crippen MR) is 55.7 cm³/mol. The van der Waals surface area contributed by atoms with Crippen LogP contribution in [0.3, 0.4) is 0 Å². The van der Waals surface area contributed by atoms with Crippen LogP contribution in [0.5, 0.6) is 11.5 Å². The molecule has 76 valence electrons. The summed E-state index contributed by atoms with van der Waals surface area (Å²) in [5.41, 5.74) is 0. The van der Waals surface area contributed by atoms with E-state index in [1.165, 1.54) is 0 Å². The lowest BCUT2D eigenvalue weighted by Crippen LogP contribution is -1.97. The molecular formula is C12H16O2. The van der Waals surface area contributed by atoms with E-state index >= 15 is 0 Å². The number of benzene rings is 1. The fraction of sp³-hybridized carbons (Fsp3) is 0.500. The van der Waals surface area contributed by atoms with Crippen molar-refractivity contribution in [3.05, 3.63) is 24.3 Å². The Labute approximate surface area is 85.8 Å². The van der Waals surface area contributed by atoms with Gasteiger partial charge < -0.3 is 9.47 Å². The first-order valence-electron chi connectivity index (χ1n) is 5.05. The van der Waals surface area contributed by atoms with Crippen molar-refractivity contribution in [1.82, 2.24) is 0 Å². The van der Waals surface area contributed by atoms with Crippen molar-refractivity contribution in [1.29, 1.82) is 0 Å². The highest BCUT2D eigenvalue weighted by molar-refractivity contribution is 5.28. The van der Waals surface area contributed by atoms with Crippen molar-refractivity contribution in [3.8, 4) is 11.5 Å². The zero-order chi connectivity index (χ0) is 10.2. The van der Waals surface area contributed by atoms with Crippen molar-refractivity contribution >= 4 is 0 Å². The van der Waals surface area contributed by atoms with Crippen molar-refractivity contribution < 1.29 is 9.47 Å². The van der Waals surface area contributed by atoms with E-state index < -0.39 is 0 Å². The van der Waals surface area contributed by atoms with Gasteiger partial charge in [-0.15, -0.1) is 0 Å². The van der Waals surface area contributed by atoms with E-state index in [0.29, 0.717) is 0 Å². The Kier molecular flexibility index (Phi) is 4.90. The van der Waals surface area contributed by atoms with Crippen LogP contribution >= 0.6 is 0 Å². The highest BCUT2D eigenvalue weighted by Gasteiger charge is 1.96. The largest absolute Gasteiger partial charge is 0.493 e. The molecule has 0 aliphatic carbocycles. The van der Waals surface area contributed by atoms with E-state index in [2.05, 4.69) is 26.0 Å². The lowest BCUT2D eigenvalue weighted by atomic mass is 10.3. The van der Waals surface area contributed by atoms with Gasteiger partial charge in [-0.05, 0) is 25.0 Å². The molecule has 14 heavy (non-hydrogen) atoms. The zero-order valence-electron chi connectivity index (χ0n) is 8.80. The summed E-state index contributed by atoms with van der Waals surface area (Å²) in [6.45, 7) is 5.59. The molecule has 0 aliphatic heterocycles. The fourth-order valence-electron chi connectivity index (χ4n) is 0.947. The van der Waals surface area contributed by atoms with Gasteiger partial charge in [-0.25, -0.2) is 0 Å². The summed E-state index contributed by atoms with van der Waals surface area (Å²) in [5.74, 6) is 1.46. The second-order valence-corrected chi connectivity index (χ2v) is 3.00. The van der Waals surface area contributed by atoms with Gasteiger partial charge in [0, 0.05) is 12.1 Å². The standard InChI is InChI=1S/C12H16O2/c1-3-9-13-11-5-7-12(8-6-11)14-10-4-2/h5,8H,3-4,9-10H2,1-2H3. The lowest BCUT2D eigenvalue weighted by molar-refractivity contribution is 0.307. The lowest BCUT2D eigenvalue weighted by Gasteiger charge is -2.06. The molecule has 0 saturated carbocycles. The summed E-state index contributed by atoms with van der Waals surface area (Å²) < 4.78 is 10.7. The van der Waals surface area contributed by atoms with E-state index in [1.807, 2.05) is 0 Å². The Morgan fingerprint density at radius 2 is 1.36 bits per heavy atom. The molecule has 1 rings (SSSR count). The van der Waals surface area contributed by atoms with Crippen molar-refractivity contribution in [2.45, 2.75) is 26.7 Å². The first kappa shape index (κ1) is 10.9. The first-order valence-corrected chi connectivity index (χ1v) is 5.05. The van der Waals surface area contributed by atoms with Crippen LogP contribution in [0.4, 0.5) is 0 Å². The van der Waals surface area contributed by atoms with Gasteiger partial charge in [0.1, 0.15) is 11.5 Å². The van der Waals surface area contributed by atoms with Crippen LogP contribution in [0.25, 0.3) is 0 Å². The molecule has 0 atom stereocenters. The van der Waals surface area contributed by atoms with Crippen LogP contribution in [-0.2, 0) is 0 Å². The van der Waals surface area contributed by atoms with Crippen molar-refractivity contribution in [3.63, 3.8) is 0 Å². The average Bonchev–Trinajstić information content (AvgIpc) is 2.25. The second kappa shape index (κ2) is 6.30. The van der Waals surface area contributed by atoms with Gasteiger partial charge in [0.05, 0.1) is 13.2 Å². The van der Waals surface area contributed by atoms with Crippen molar-refractivity contribution in [2.75, 3.05) is 13.2 Å².